The van der Waals surface area contributed by atoms with Crippen molar-refractivity contribution in [3.63, 3.8) is 0 Å². The molecule has 0 atom stereocenters. The van der Waals surface area contributed by atoms with Crippen molar-refractivity contribution in [2.75, 3.05) is 19.0 Å². The summed E-state index contributed by atoms with van der Waals surface area (Å²) in [6.07, 6.45) is 3.72. The van der Waals surface area contributed by atoms with E-state index in [1.54, 1.807) is 24.3 Å². The molecular formula is C16H16N3O2+. The molecule has 2 amide bonds. The van der Waals surface area contributed by atoms with Crippen LogP contribution in [0, 0.1) is 0 Å². The van der Waals surface area contributed by atoms with E-state index in [1.165, 1.54) is 4.90 Å². The van der Waals surface area contributed by atoms with Crippen LogP contribution in [-0.2, 0) is 6.67 Å². The number of nitrogens with zero attached hydrogens (tertiary/aromatic N) is 3. The first-order chi connectivity index (χ1) is 10.1. The summed E-state index contributed by atoms with van der Waals surface area (Å²) in [5.41, 5.74) is 2.02. The Morgan fingerprint density at radius 1 is 0.952 bits per heavy atom. The van der Waals surface area contributed by atoms with Gasteiger partial charge in [0.2, 0.25) is 6.67 Å². The van der Waals surface area contributed by atoms with E-state index in [2.05, 4.69) is 0 Å². The van der Waals surface area contributed by atoms with Gasteiger partial charge in [-0.1, -0.05) is 12.1 Å². The number of rotatable bonds is 3. The van der Waals surface area contributed by atoms with Gasteiger partial charge in [-0.2, -0.15) is 4.57 Å². The Morgan fingerprint density at radius 2 is 1.48 bits per heavy atom. The molecule has 0 fully saturated rings. The van der Waals surface area contributed by atoms with Crippen molar-refractivity contribution < 1.29 is 14.2 Å². The fourth-order valence-corrected chi connectivity index (χ4v) is 2.37. The van der Waals surface area contributed by atoms with Crippen molar-refractivity contribution in [1.29, 1.82) is 0 Å². The number of hydrogen-bond donors (Lipinski definition) is 0. The van der Waals surface area contributed by atoms with Crippen molar-refractivity contribution in [1.82, 2.24) is 4.90 Å². The van der Waals surface area contributed by atoms with E-state index in [9.17, 15) is 9.59 Å². The summed E-state index contributed by atoms with van der Waals surface area (Å²) in [6.45, 7) is 0.222. The number of pyridine rings is 1. The van der Waals surface area contributed by atoms with Crippen molar-refractivity contribution in [2.45, 2.75) is 6.67 Å². The fourth-order valence-electron chi connectivity index (χ4n) is 2.37. The maximum absolute atomic E-state index is 12.3. The first-order valence-corrected chi connectivity index (χ1v) is 6.69. The van der Waals surface area contributed by atoms with Gasteiger partial charge in [0.1, 0.15) is 0 Å². The maximum Gasteiger partial charge on any atom is 0.266 e. The highest BCUT2D eigenvalue weighted by molar-refractivity contribution is 6.21. The Hall–Kier alpha value is -2.69. The summed E-state index contributed by atoms with van der Waals surface area (Å²) in [7, 11) is 3.92. The van der Waals surface area contributed by atoms with Crippen LogP contribution in [0.25, 0.3) is 0 Å². The van der Waals surface area contributed by atoms with E-state index < -0.39 is 0 Å². The fraction of sp³-hybridized carbons (Fsp3) is 0.188. The van der Waals surface area contributed by atoms with Crippen molar-refractivity contribution in [3.8, 4) is 0 Å². The molecule has 0 saturated heterocycles. The molecule has 0 bridgehead atoms. The average molecular weight is 282 g/mol. The second-order valence-electron chi connectivity index (χ2n) is 5.19. The number of amides is 2. The largest absolute Gasteiger partial charge is 0.377 e. The number of carbonyl (C=O) groups is 2. The molecule has 2 aromatic rings. The number of anilines is 1. The molecule has 5 heteroatoms. The van der Waals surface area contributed by atoms with Crippen LogP contribution in [0.5, 0.6) is 0 Å². The van der Waals surface area contributed by atoms with Gasteiger partial charge in [-0.25, -0.2) is 4.90 Å². The van der Waals surface area contributed by atoms with Gasteiger partial charge in [0.05, 0.1) is 11.1 Å². The summed E-state index contributed by atoms with van der Waals surface area (Å²) in [6, 6.07) is 10.8. The Balaban J connectivity index is 1.83. The smallest absolute Gasteiger partial charge is 0.266 e. The lowest BCUT2D eigenvalue weighted by Crippen LogP contribution is -2.45. The van der Waals surface area contributed by atoms with Crippen LogP contribution >= 0.6 is 0 Å². The molecular weight excluding hydrogens is 266 g/mol. The Labute approximate surface area is 123 Å². The van der Waals surface area contributed by atoms with E-state index >= 15 is 0 Å². The summed E-state index contributed by atoms with van der Waals surface area (Å²) >= 11 is 0. The molecule has 106 valence electrons. The highest BCUT2D eigenvalue weighted by Gasteiger charge is 2.37. The van der Waals surface area contributed by atoms with Crippen LogP contribution in [0.1, 0.15) is 20.7 Å². The lowest BCUT2D eigenvalue weighted by Gasteiger charge is -2.12. The summed E-state index contributed by atoms with van der Waals surface area (Å²) < 4.78 is 1.81. The Kier molecular flexibility index (Phi) is 3.17. The zero-order chi connectivity index (χ0) is 15.0. The molecule has 2 heterocycles. The molecule has 1 aliphatic rings. The van der Waals surface area contributed by atoms with E-state index in [0.29, 0.717) is 11.1 Å². The summed E-state index contributed by atoms with van der Waals surface area (Å²) in [4.78, 5) is 27.8. The van der Waals surface area contributed by atoms with E-state index in [4.69, 9.17) is 0 Å². The number of carbonyl (C=O) groups excluding carboxylic acids is 2. The minimum Gasteiger partial charge on any atom is -0.377 e. The third-order valence-corrected chi connectivity index (χ3v) is 3.57. The number of hydrogen-bond acceptors (Lipinski definition) is 3. The predicted molar refractivity (Wildman–Crippen MR) is 77.9 cm³/mol. The second-order valence-corrected chi connectivity index (χ2v) is 5.19. The van der Waals surface area contributed by atoms with Crippen LogP contribution in [0.3, 0.4) is 0 Å². The molecule has 0 radical (unpaired) electrons. The van der Waals surface area contributed by atoms with E-state index in [0.717, 1.165) is 5.69 Å². The molecule has 0 unspecified atom stereocenters. The molecule has 1 aliphatic heterocycles. The number of benzene rings is 1. The van der Waals surface area contributed by atoms with Crippen LogP contribution < -0.4 is 9.47 Å². The van der Waals surface area contributed by atoms with Gasteiger partial charge < -0.3 is 4.90 Å². The van der Waals surface area contributed by atoms with Gasteiger partial charge in [-0.3, -0.25) is 9.59 Å². The molecule has 3 rings (SSSR count). The predicted octanol–water partition coefficient (Wildman–Crippen LogP) is 1.29. The molecule has 1 aromatic heterocycles. The lowest BCUT2D eigenvalue weighted by molar-refractivity contribution is -0.709. The minimum atomic E-state index is -0.236. The number of fused-ring (bicyclic) bond motifs is 1. The van der Waals surface area contributed by atoms with Crippen molar-refractivity contribution >= 4 is 17.5 Å². The van der Waals surface area contributed by atoms with E-state index in [-0.39, 0.29) is 18.5 Å². The van der Waals surface area contributed by atoms with Gasteiger partial charge >= 0.3 is 0 Å². The quantitative estimate of drug-likeness (QED) is 0.629. The van der Waals surface area contributed by atoms with Gasteiger partial charge in [0.25, 0.3) is 11.8 Å². The Bertz CT molecular complexity index is 673. The van der Waals surface area contributed by atoms with E-state index in [1.807, 2.05) is 48.1 Å². The zero-order valence-corrected chi connectivity index (χ0v) is 12.0. The monoisotopic (exact) mass is 282 g/mol. The van der Waals surface area contributed by atoms with Gasteiger partial charge in [0, 0.05) is 31.9 Å². The van der Waals surface area contributed by atoms with Gasteiger partial charge in [-0.05, 0) is 12.1 Å². The SMILES string of the molecule is CN(C)c1cc[n+](CN2C(=O)c3ccccc3C2=O)cc1. The zero-order valence-electron chi connectivity index (χ0n) is 12.0. The second kappa shape index (κ2) is 5.01. The molecule has 0 N–H and O–H groups in total. The summed E-state index contributed by atoms with van der Waals surface area (Å²) in [5.74, 6) is -0.473. The number of aromatic nitrogens is 1. The molecule has 21 heavy (non-hydrogen) atoms. The molecule has 5 nitrogen and oxygen atoms in total. The standard InChI is InChI=1S/C16H16N3O2/c1-17(2)12-7-9-18(10-8-12)11-19-15(20)13-5-3-4-6-14(13)16(19)21/h3-10H,11H2,1-2H3/q+1. The first-order valence-electron chi connectivity index (χ1n) is 6.69. The molecule has 1 aromatic carbocycles. The number of imide groups is 1. The van der Waals surface area contributed by atoms with Gasteiger partial charge in [0.15, 0.2) is 12.4 Å². The average Bonchev–Trinajstić information content (AvgIpc) is 2.73. The van der Waals surface area contributed by atoms with Crippen molar-refractivity contribution in [2.24, 2.45) is 0 Å². The highest BCUT2D eigenvalue weighted by atomic mass is 16.2. The minimum absolute atomic E-state index is 0.222. The first kappa shape index (κ1) is 13.3. The normalized spacial score (nSPS) is 13.5. The van der Waals surface area contributed by atoms with Gasteiger partial charge in [-0.15, -0.1) is 0 Å². The third-order valence-electron chi connectivity index (χ3n) is 3.57. The maximum atomic E-state index is 12.3. The highest BCUT2D eigenvalue weighted by Crippen LogP contribution is 2.22. The van der Waals surface area contributed by atoms with Crippen LogP contribution in [0.4, 0.5) is 5.69 Å². The lowest BCUT2D eigenvalue weighted by atomic mass is 10.1. The Morgan fingerprint density at radius 3 is 1.95 bits per heavy atom. The van der Waals surface area contributed by atoms with Crippen LogP contribution in [0.2, 0.25) is 0 Å². The topological polar surface area (TPSA) is 44.5 Å². The molecule has 0 aliphatic carbocycles. The van der Waals surface area contributed by atoms with Crippen LogP contribution in [0.15, 0.2) is 48.8 Å². The van der Waals surface area contributed by atoms with Crippen LogP contribution in [-0.4, -0.2) is 30.8 Å². The summed E-state index contributed by atoms with van der Waals surface area (Å²) in [5, 5.41) is 0. The molecule has 0 spiro atoms. The molecule has 0 saturated carbocycles. The van der Waals surface area contributed by atoms with Crippen molar-refractivity contribution in [3.05, 3.63) is 59.9 Å². The third kappa shape index (κ3) is 2.27.